The minimum absolute atomic E-state index is 0.309. The summed E-state index contributed by atoms with van der Waals surface area (Å²) in [4.78, 5) is 13.6. The minimum atomic E-state index is 0.309. The van der Waals surface area contributed by atoms with Crippen molar-refractivity contribution in [2.24, 2.45) is 10.8 Å². The summed E-state index contributed by atoms with van der Waals surface area (Å²) in [5.41, 5.74) is 0.922. The molecule has 2 bridgehead atoms. The van der Waals surface area contributed by atoms with E-state index in [4.69, 9.17) is 0 Å². The van der Waals surface area contributed by atoms with Crippen LogP contribution < -0.4 is 0 Å². The van der Waals surface area contributed by atoms with E-state index in [-0.39, 0.29) is 0 Å². The molecule has 0 radical (unpaired) electrons. The Morgan fingerprint density at radius 3 is 2.60 bits per heavy atom. The number of ketones is 1. The summed E-state index contributed by atoms with van der Waals surface area (Å²) in [5.74, 6) is 0.309. The van der Waals surface area contributed by atoms with Crippen LogP contribution in [-0.2, 0) is 4.79 Å². The lowest BCUT2D eigenvalue weighted by Gasteiger charge is -2.39. The van der Waals surface area contributed by atoms with Crippen LogP contribution >= 0.6 is 0 Å². The lowest BCUT2D eigenvalue weighted by Crippen LogP contribution is -2.36. The smallest absolute Gasteiger partial charge is 0.143 e. The largest absolute Gasteiger partial charge is 0.299 e. The second-order valence-corrected chi connectivity index (χ2v) is 6.82. The van der Waals surface area contributed by atoms with E-state index in [1.807, 2.05) is 0 Å². The van der Waals surface area contributed by atoms with Gasteiger partial charge in [-0.15, -0.1) is 0 Å². The van der Waals surface area contributed by atoms with Gasteiger partial charge in [-0.2, -0.15) is 0 Å². The first-order chi connectivity index (χ1) is 6.80. The SMILES string of the molecule is CC(=O)CN1CC2(C)CC1CC(C)(C)C2. The third kappa shape index (κ3) is 2.25. The van der Waals surface area contributed by atoms with E-state index in [9.17, 15) is 4.79 Å². The number of likely N-dealkylation sites (tertiary alicyclic amines) is 1. The molecule has 2 unspecified atom stereocenters. The van der Waals surface area contributed by atoms with Gasteiger partial charge in [0.25, 0.3) is 0 Å². The van der Waals surface area contributed by atoms with E-state index < -0.39 is 0 Å². The van der Waals surface area contributed by atoms with Crippen LogP contribution in [-0.4, -0.2) is 29.8 Å². The number of hydrogen-bond donors (Lipinski definition) is 0. The van der Waals surface area contributed by atoms with Gasteiger partial charge in [0, 0.05) is 12.6 Å². The Morgan fingerprint density at radius 1 is 1.33 bits per heavy atom. The number of nitrogens with zero attached hydrogens (tertiary/aromatic N) is 1. The number of rotatable bonds is 2. The maximum atomic E-state index is 11.2. The van der Waals surface area contributed by atoms with Gasteiger partial charge < -0.3 is 0 Å². The van der Waals surface area contributed by atoms with Gasteiger partial charge in [-0.3, -0.25) is 9.69 Å². The highest BCUT2D eigenvalue weighted by Crippen LogP contribution is 2.52. The van der Waals surface area contributed by atoms with Crippen molar-refractivity contribution < 1.29 is 4.79 Å². The summed E-state index contributed by atoms with van der Waals surface area (Å²) in [7, 11) is 0. The zero-order valence-electron chi connectivity index (χ0n) is 10.5. The summed E-state index contributed by atoms with van der Waals surface area (Å²) >= 11 is 0. The molecule has 0 aromatic rings. The lowest BCUT2D eigenvalue weighted by molar-refractivity contribution is -0.118. The van der Waals surface area contributed by atoms with Gasteiger partial charge in [0.1, 0.15) is 5.78 Å². The monoisotopic (exact) mass is 209 g/mol. The summed E-state index contributed by atoms with van der Waals surface area (Å²) in [6, 6.07) is 0.655. The normalized spacial score (nSPS) is 39.3. The molecular formula is C13H23NO. The van der Waals surface area contributed by atoms with E-state index >= 15 is 0 Å². The molecule has 2 nitrogen and oxygen atoms in total. The quantitative estimate of drug-likeness (QED) is 0.696. The molecule has 0 spiro atoms. The topological polar surface area (TPSA) is 20.3 Å². The molecule has 86 valence electrons. The Morgan fingerprint density at radius 2 is 2.00 bits per heavy atom. The van der Waals surface area contributed by atoms with Gasteiger partial charge >= 0.3 is 0 Å². The van der Waals surface area contributed by atoms with Crippen molar-refractivity contribution in [3.05, 3.63) is 0 Å². The molecule has 0 N–H and O–H groups in total. The van der Waals surface area contributed by atoms with Crippen molar-refractivity contribution in [3.8, 4) is 0 Å². The van der Waals surface area contributed by atoms with Crippen LogP contribution in [0.2, 0.25) is 0 Å². The highest BCUT2D eigenvalue weighted by atomic mass is 16.1. The highest BCUT2D eigenvalue weighted by molar-refractivity contribution is 5.77. The number of hydrogen-bond acceptors (Lipinski definition) is 2. The van der Waals surface area contributed by atoms with Crippen molar-refractivity contribution in [1.29, 1.82) is 0 Å². The zero-order valence-corrected chi connectivity index (χ0v) is 10.5. The van der Waals surface area contributed by atoms with Crippen LogP contribution in [0.3, 0.4) is 0 Å². The third-order valence-electron chi connectivity index (χ3n) is 3.95. The number of fused-ring (bicyclic) bond motifs is 2. The molecule has 1 saturated heterocycles. The first-order valence-corrected chi connectivity index (χ1v) is 6.03. The van der Waals surface area contributed by atoms with Gasteiger partial charge in [-0.05, 0) is 37.0 Å². The molecule has 2 atom stereocenters. The molecule has 0 aromatic carbocycles. The average Bonchev–Trinajstić information content (AvgIpc) is 2.17. The van der Waals surface area contributed by atoms with Gasteiger partial charge in [0.05, 0.1) is 6.54 Å². The zero-order chi connectivity index (χ0) is 11.3. The van der Waals surface area contributed by atoms with Gasteiger partial charge in [0.15, 0.2) is 0 Å². The van der Waals surface area contributed by atoms with E-state index in [2.05, 4.69) is 25.7 Å². The summed E-state index contributed by atoms with van der Waals surface area (Å²) < 4.78 is 0. The lowest BCUT2D eigenvalue weighted by atomic mass is 9.65. The van der Waals surface area contributed by atoms with Crippen molar-refractivity contribution in [3.63, 3.8) is 0 Å². The Hall–Kier alpha value is -0.370. The summed E-state index contributed by atoms with van der Waals surface area (Å²) in [6.07, 6.45) is 3.87. The molecule has 2 aliphatic rings. The van der Waals surface area contributed by atoms with E-state index in [0.29, 0.717) is 29.2 Å². The molecule has 1 aliphatic carbocycles. The molecule has 15 heavy (non-hydrogen) atoms. The van der Waals surface area contributed by atoms with E-state index in [0.717, 1.165) is 6.54 Å². The fourth-order valence-electron chi connectivity index (χ4n) is 4.05. The van der Waals surface area contributed by atoms with Gasteiger partial charge in [-0.25, -0.2) is 0 Å². The Balaban J connectivity index is 2.12. The predicted octanol–water partition coefficient (Wildman–Crippen LogP) is 2.48. The van der Waals surface area contributed by atoms with E-state index in [1.165, 1.54) is 19.3 Å². The molecule has 0 aromatic heterocycles. The van der Waals surface area contributed by atoms with Crippen molar-refractivity contribution in [2.45, 2.75) is 53.0 Å². The van der Waals surface area contributed by atoms with Gasteiger partial charge in [-0.1, -0.05) is 20.8 Å². The van der Waals surface area contributed by atoms with Crippen LogP contribution in [0.15, 0.2) is 0 Å². The Kier molecular flexibility index (Phi) is 2.45. The average molecular weight is 209 g/mol. The fourth-order valence-corrected chi connectivity index (χ4v) is 4.05. The molecule has 2 fully saturated rings. The molecule has 1 saturated carbocycles. The molecule has 1 heterocycles. The Bertz CT molecular complexity index is 284. The molecule has 2 rings (SSSR count). The number of carbonyl (C=O) groups excluding carboxylic acids is 1. The van der Waals surface area contributed by atoms with E-state index in [1.54, 1.807) is 6.92 Å². The maximum absolute atomic E-state index is 11.2. The third-order valence-corrected chi connectivity index (χ3v) is 3.95. The molecule has 1 aliphatic heterocycles. The number of carbonyl (C=O) groups is 1. The fraction of sp³-hybridized carbons (Fsp3) is 0.923. The van der Waals surface area contributed by atoms with Crippen molar-refractivity contribution in [2.75, 3.05) is 13.1 Å². The maximum Gasteiger partial charge on any atom is 0.143 e. The summed E-state index contributed by atoms with van der Waals surface area (Å²) in [6.45, 7) is 10.6. The van der Waals surface area contributed by atoms with Crippen LogP contribution in [0.4, 0.5) is 0 Å². The van der Waals surface area contributed by atoms with Crippen LogP contribution in [0.1, 0.15) is 47.0 Å². The van der Waals surface area contributed by atoms with Crippen LogP contribution in [0.25, 0.3) is 0 Å². The van der Waals surface area contributed by atoms with Gasteiger partial charge in [0.2, 0.25) is 0 Å². The standard InChI is InChI=1S/C13H23NO/c1-10(15)7-14-9-13(4)6-11(14)5-12(2,3)8-13/h11H,5-9H2,1-4H3. The first-order valence-electron chi connectivity index (χ1n) is 6.03. The molecule has 0 amide bonds. The second-order valence-electron chi connectivity index (χ2n) is 6.82. The predicted molar refractivity (Wildman–Crippen MR) is 61.8 cm³/mol. The minimum Gasteiger partial charge on any atom is -0.299 e. The highest BCUT2D eigenvalue weighted by Gasteiger charge is 2.49. The van der Waals surface area contributed by atoms with Crippen molar-refractivity contribution in [1.82, 2.24) is 4.90 Å². The molecule has 2 heteroatoms. The number of Topliss-reactive ketones (excluding diaryl/α,β-unsaturated/α-hetero) is 1. The van der Waals surface area contributed by atoms with Crippen LogP contribution in [0.5, 0.6) is 0 Å². The van der Waals surface area contributed by atoms with Crippen LogP contribution in [0, 0.1) is 10.8 Å². The Labute approximate surface area is 93.0 Å². The molecular weight excluding hydrogens is 186 g/mol. The second kappa shape index (κ2) is 3.31. The summed E-state index contributed by atoms with van der Waals surface area (Å²) in [5, 5.41) is 0. The first kappa shape index (κ1) is 11.1. The van der Waals surface area contributed by atoms with Crippen molar-refractivity contribution >= 4 is 5.78 Å².